The number of benzene rings is 2. The number of aliphatic carboxylic acids is 1. The second kappa shape index (κ2) is 6.68. The van der Waals surface area contributed by atoms with E-state index in [1.54, 1.807) is 42.5 Å². The molecule has 3 aromatic rings. The average Bonchev–Trinajstić information content (AvgIpc) is 2.61. The van der Waals surface area contributed by atoms with E-state index >= 15 is 0 Å². The van der Waals surface area contributed by atoms with E-state index in [4.69, 9.17) is 5.11 Å². The molecule has 126 valence electrons. The molecule has 1 unspecified atom stereocenters. The first-order chi connectivity index (χ1) is 12.0. The van der Waals surface area contributed by atoms with Crippen molar-refractivity contribution in [2.75, 3.05) is 0 Å². The third-order valence-corrected chi connectivity index (χ3v) is 3.82. The van der Waals surface area contributed by atoms with E-state index in [1.165, 1.54) is 19.1 Å². The smallest absolute Gasteiger partial charge is 0.325 e. The van der Waals surface area contributed by atoms with Gasteiger partial charge in [-0.1, -0.05) is 18.2 Å². The van der Waals surface area contributed by atoms with Gasteiger partial charge in [0, 0.05) is 10.9 Å². The highest BCUT2D eigenvalue weighted by Gasteiger charge is 2.18. The normalized spacial score (nSPS) is 11.9. The molecule has 6 heteroatoms. The maximum absolute atomic E-state index is 13.1. The van der Waals surface area contributed by atoms with E-state index in [0.29, 0.717) is 27.7 Å². The van der Waals surface area contributed by atoms with Crippen molar-refractivity contribution in [3.8, 4) is 11.3 Å². The summed E-state index contributed by atoms with van der Waals surface area (Å²) in [6.07, 6.45) is 0. The van der Waals surface area contributed by atoms with Crippen molar-refractivity contribution in [1.82, 2.24) is 10.3 Å². The Labute approximate surface area is 143 Å². The van der Waals surface area contributed by atoms with Gasteiger partial charge < -0.3 is 10.4 Å². The van der Waals surface area contributed by atoms with Crippen LogP contribution < -0.4 is 5.32 Å². The Morgan fingerprint density at radius 3 is 2.48 bits per heavy atom. The summed E-state index contributed by atoms with van der Waals surface area (Å²) >= 11 is 0. The predicted octanol–water partition coefficient (Wildman–Crippen LogP) is 3.24. The second-order valence-electron chi connectivity index (χ2n) is 5.61. The number of hydrogen-bond donors (Lipinski definition) is 2. The van der Waals surface area contributed by atoms with E-state index in [2.05, 4.69) is 10.3 Å². The summed E-state index contributed by atoms with van der Waals surface area (Å²) in [5.74, 6) is -1.99. The number of aromatic nitrogens is 1. The van der Waals surface area contributed by atoms with Gasteiger partial charge in [0.1, 0.15) is 11.9 Å². The van der Waals surface area contributed by atoms with Crippen LogP contribution in [0.2, 0.25) is 0 Å². The quantitative estimate of drug-likeness (QED) is 0.765. The molecule has 0 aliphatic carbocycles. The summed E-state index contributed by atoms with van der Waals surface area (Å²) in [7, 11) is 0. The van der Waals surface area contributed by atoms with Gasteiger partial charge >= 0.3 is 5.97 Å². The third kappa shape index (κ3) is 3.47. The van der Waals surface area contributed by atoms with Crippen LogP contribution in [0.1, 0.15) is 17.3 Å². The van der Waals surface area contributed by atoms with Crippen molar-refractivity contribution in [3.63, 3.8) is 0 Å². The van der Waals surface area contributed by atoms with E-state index in [1.807, 2.05) is 0 Å². The number of fused-ring (bicyclic) bond motifs is 1. The number of nitrogens with one attached hydrogen (secondary N) is 1. The molecule has 2 N–H and O–H groups in total. The number of para-hydroxylation sites is 1. The minimum absolute atomic E-state index is 0.318. The van der Waals surface area contributed by atoms with Gasteiger partial charge in [-0.15, -0.1) is 0 Å². The fraction of sp³-hybridized carbons (Fsp3) is 0.105. The first-order valence-electron chi connectivity index (χ1n) is 7.65. The number of carboxylic acids is 1. The molecule has 1 aromatic heterocycles. The molecule has 0 aliphatic rings. The lowest BCUT2D eigenvalue weighted by Gasteiger charge is -2.12. The van der Waals surface area contributed by atoms with Gasteiger partial charge in [-0.3, -0.25) is 9.59 Å². The maximum Gasteiger partial charge on any atom is 0.325 e. The molecule has 0 spiro atoms. The summed E-state index contributed by atoms with van der Waals surface area (Å²) in [5.41, 5.74) is 2.08. The molecule has 5 nitrogen and oxygen atoms in total. The van der Waals surface area contributed by atoms with Gasteiger partial charge in [0.05, 0.1) is 16.8 Å². The van der Waals surface area contributed by atoms with Gasteiger partial charge in [-0.2, -0.15) is 0 Å². The number of nitrogens with zero attached hydrogens (tertiary/aromatic N) is 1. The van der Waals surface area contributed by atoms with Gasteiger partial charge in [0.2, 0.25) is 0 Å². The molecule has 0 radical (unpaired) electrons. The molecule has 1 atom stereocenters. The van der Waals surface area contributed by atoms with Crippen LogP contribution in [0.25, 0.3) is 22.2 Å². The molecule has 1 heterocycles. The van der Waals surface area contributed by atoms with Gasteiger partial charge in [-0.05, 0) is 43.3 Å². The number of carbonyl (C=O) groups excluding carboxylic acids is 1. The lowest BCUT2D eigenvalue weighted by atomic mass is 10.0. The van der Waals surface area contributed by atoms with Crippen molar-refractivity contribution in [3.05, 3.63) is 66.0 Å². The Bertz CT molecular complexity index is 955. The highest BCUT2D eigenvalue weighted by atomic mass is 19.1. The van der Waals surface area contributed by atoms with Crippen LogP contribution in [0.5, 0.6) is 0 Å². The monoisotopic (exact) mass is 338 g/mol. The van der Waals surface area contributed by atoms with E-state index in [0.717, 1.165) is 0 Å². The average molecular weight is 338 g/mol. The van der Waals surface area contributed by atoms with Crippen molar-refractivity contribution in [1.29, 1.82) is 0 Å². The molecule has 25 heavy (non-hydrogen) atoms. The van der Waals surface area contributed by atoms with Crippen molar-refractivity contribution >= 4 is 22.8 Å². The van der Waals surface area contributed by atoms with Crippen molar-refractivity contribution in [2.24, 2.45) is 0 Å². The Morgan fingerprint density at radius 2 is 1.80 bits per heavy atom. The van der Waals surface area contributed by atoms with E-state index < -0.39 is 17.9 Å². The molecule has 3 rings (SSSR count). The Balaban J connectivity index is 2.11. The highest BCUT2D eigenvalue weighted by molar-refractivity contribution is 6.08. The fourth-order valence-electron chi connectivity index (χ4n) is 2.47. The summed E-state index contributed by atoms with van der Waals surface area (Å²) in [6, 6.07) is 13.4. The predicted molar refractivity (Wildman–Crippen MR) is 91.7 cm³/mol. The molecule has 1 amide bonds. The van der Waals surface area contributed by atoms with Crippen LogP contribution in [0.4, 0.5) is 4.39 Å². The molecule has 0 fully saturated rings. The Morgan fingerprint density at radius 1 is 1.12 bits per heavy atom. The van der Waals surface area contributed by atoms with Crippen LogP contribution in [0, 0.1) is 5.82 Å². The number of rotatable bonds is 4. The van der Waals surface area contributed by atoms with Gasteiger partial charge in [0.25, 0.3) is 5.91 Å². The third-order valence-electron chi connectivity index (χ3n) is 3.82. The number of pyridine rings is 1. The van der Waals surface area contributed by atoms with E-state index in [-0.39, 0.29) is 5.82 Å². The second-order valence-corrected chi connectivity index (χ2v) is 5.61. The minimum atomic E-state index is -1.12. The maximum atomic E-state index is 13.1. The lowest BCUT2D eigenvalue weighted by Crippen LogP contribution is -2.38. The Kier molecular flexibility index (Phi) is 4.43. The fourth-order valence-corrected chi connectivity index (χ4v) is 2.47. The molecule has 0 aliphatic heterocycles. The number of carbonyl (C=O) groups is 2. The highest BCUT2D eigenvalue weighted by Crippen LogP contribution is 2.25. The van der Waals surface area contributed by atoms with Crippen LogP contribution >= 0.6 is 0 Å². The minimum Gasteiger partial charge on any atom is -0.480 e. The first-order valence-corrected chi connectivity index (χ1v) is 7.65. The molecular formula is C19H15FN2O3. The summed E-state index contributed by atoms with van der Waals surface area (Å²) in [4.78, 5) is 28.1. The summed E-state index contributed by atoms with van der Waals surface area (Å²) in [6.45, 7) is 1.39. The molecule has 0 bridgehead atoms. The van der Waals surface area contributed by atoms with Crippen LogP contribution in [-0.4, -0.2) is 28.0 Å². The standard InChI is InChI=1S/C19H15FN2O3/c1-11(19(24)25)21-18(23)15-10-17(12-6-8-13(20)9-7-12)22-16-5-3-2-4-14(15)16/h2-11H,1H3,(H,21,23)(H,24,25). The topological polar surface area (TPSA) is 79.3 Å². The summed E-state index contributed by atoms with van der Waals surface area (Å²) < 4.78 is 13.1. The molecule has 0 saturated carbocycles. The lowest BCUT2D eigenvalue weighted by molar-refractivity contribution is -0.138. The number of hydrogen-bond acceptors (Lipinski definition) is 3. The van der Waals surface area contributed by atoms with Gasteiger partial charge in [-0.25, -0.2) is 9.37 Å². The van der Waals surface area contributed by atoms with Crippen molar-refractivity contribution in [2.45, 2.75) is 13.0 Å². The zero-order chi connectivity index (χ0) is 18.0. The largest absolute Gasteiger partial charge is 0.480 e. The zero-order valence-electron chi connectivity index (χ0n) is 13.4. The van der Waals surface area contributed by atoms with Crippen LogP contribution in [0.3, 0.4) is 0 Å². The molecule has 2 aromatic carbocycles. The van der Waals surface area contributed by atoms with Crippen LogP contribution in [-0.2, 0) is 4.79 Å². The van der Waals surface area contributed by atoms with E-state index in [9.17, 15) is 14.0 Å². The first kappa shape index (κ1) is 16.6. The van der Waals surface area contributed by atoms with Crippen molar-refractivity contribution < 1.29 is 19.1 Å². The Hall–Kier alpha value is -3.28. The molecule has 0 saturated heterocycles. The zero-order valence-corrected chi connectivity index (χ0v) is 13.4. The number of amides is 1. The number of carboxylic acid groups (broad SMARTS) is 1. The summed E-state index contributed by atoms with van der Waals surface area (Å²) in [5, 5.41) is 12.1. The van der Waals surface area contributed by atoms with Gasteiger partial charge in [0.15, 0.2) is 0 Å². The molecular weight excluding hydrogens is 323 g/mol. The SMILES string of the molecule is CC(NC(=O)c1cc(-c2ccc(F)cc2)nc2ccccc12)C(=O)O. The number of halogens is 1. The van der Waals surface area contributed by atoms with Crippen LogP contribution in [0.15, 0.2) is 54.6 Å².